The largest absolute Gasteiger partial charge is 0.269 e. The predicted molar refractivity (Wildman–Crippen MR) is 49.0 cm³/mol. The third-order valence-electron chi connectivity index (χ3n) is 1.72. The summed E-state index contributed by atoms with van der Waals surface area (Å²) in [5.41, 5.74) is 0.887. The molecule has 2 nitrogen and oxygen atoms in total. The maximum Gasteiger partial charge on any atom is 0.193 e. The van der Waals surface area contributed by atoms with Gasteiger partial charge in [0.05, 0.1) is 10.8 Å². The highest BCUT2D eigenvalue weighted by atomic mass is 31.1. The van der Waals surface area contributed by atoms with Crippen LogP contribution in [0.25, 0.3) is 10.9 Å². The first kappa shape index (κ1) is 7.38. The number of fused-ring (bicyclic) bond motifs is 1. The summed E-state index contributed by atoms with van der Waals surface area (Å²) in [7, 11) is 0.0511. The van der Waals surface area contributed by atoms with Gasteiger partial charge in [-0.2, -0.15) is 0 Å². The average molecular weight is 175 g/mol. The van der Waals surface area contributed by atoms with Crippen LogP contribution in [0.15, 0.2) is 36.5 Å². The van der Waals surface area contributed by atoms with Crippen LogP contribution in [0, 0.1) is 0 Å². The molecule has 0 saturated heterocycles. The molecule has 0 aliphatic heterocycles. The molecule has 0 bridgehead atoms. The van der Waals surface area contributed by atoms with Crippen LogP contribution in [0.4, 0.5) is 0 Å². The van der Waals surface area contributed by atoms with E-state index in [2.05, 4.69) is 4.98 Å². The van der Waals surface area contributed by atoms with Gasteiger partial charge in [-0.15, -0.1) is 0 Å². The molecular formula is C9H6NOP. The Morgan fingerprint density at radius 1 is 1.17 bits per heavy atom. The Balaban J connectivity index is 2.88. The summed E-state index contributed by atoms with van der Waals surface area (Å²) in [4.78, 5) is 4.15. The van der Waals surface area contributed by atoms with E-state index in [1.165, 1.54) is 0 Å². The van der Waals surface area contributed by atoms with Crippen molar-refractivity contribution in [1.82, 2.24) is 4.98 Å². The molecule has 0 radical (unpaired) electrons. The van der Waals surface area contributed by atoms with Crippen molar-refractivity contribution in [2.45, 2.75) is 0 Å². The minimum atomic E-state index is 0.0511. The van der Waals surface area contributed by atoms with Gasteiger partial charge in [0.15, 0.2) is 8.46 Å². The lowest BCUT2D eigenvalue weighted by Gasteiger charge is -1.96. The molecule has 1 aromatic heterocycles. The number of para-hydroxylation sites is 1. The van der Waals surface area contributed by atoms with Crippen molar-refractivity contribution in [1.29, 1.82) is 0 Å². The van der Waals surface area contributed by atoms with Gasteiger partial charge >= 0.3 is 0 Å². The maximum absolute atomic E-state index is 10.7. The van der Waals surface area contributed by atoms with Crippen LogP contribution in [0.1, 0.15) is 0 Å². The second-order valence-electron chi connectivity index (χ2n) is 2.44. The van der Waals surface area contributed by atoms with Crippen LogP contribution in [0.2, 0.25) is 0 Å². The molecule has 0 fully saturated rings. The molecule has 58 valence electrons. The number of benzene rings is 1. The van der Waals surface area contributed by atoms with E-state index in [0.29, 0.717) is 0 Å². The quantitative estimate of drug-likeness (QED) is 0.621. The summed E-state index contributed by atoms with van der Waals surface area (Å²) in [5, 5.41) is 1.75. The molecule has 0 spiro atoms. The van der Waals surface area contributed by atoms with Crippen LogP contribution in [-0.4, -0.2) is 4.98 Å². The fourth-order valence-electron chi connectivity index (χ4n) is 1.16. The summed E-state index contributed by atoms with van der Waals surface area (Å²) < 4.78 is 10.7. The average Bonchev–Trinajstić information content (AvgIpc) is 2.17. The highest BCUT2D eigenvalue weighted by Gasteiger charge is 1.98. The van der Waals surface area contributed by atoms with Crippen molar-refractivity contribution >= 4 is 24.7 Å². The van der Waals surface area contributed by atoms with Crippen molar-refractivity contribution in [3.8, 4) is 0 Å². The minimum Gasteiger partial charge on any atom is -0.269 e. The molecule has 0 amide bonds. The van der Waals surface area contributed by atoms with E-state index in [1.807, 2.05) is 24.3 Å². The molecule has 0 atom stereocenters. The normalized spacial score (nSPS) is 10.7. The zero-order valence-electron chi connectivity index (χ0n) is 6.27. The number of hydrogen-bond donors (Lipinski definition) is 0. The van der Waals surface area contributed by atoms with Crippen molar-refractivity contribution in [3.63, 3.8) is 0 Å². The molecule has 0 aliphatic carbocycles. The number of hydrogen-bond acceptors (Lipinski definition) is 2. The van der Waals surface area contributed by atoms with E-state index in [0.717, 1.165) is 16.2 Å². The first-order valence-electron chi connectivity index (χ1n) is 3.59. The van der Waals surface area contributed by atoms with Gasteiger partial charge in [-0.3, -0.25) is 9.55 Å². The van der Waals surface area contributed by atoms with Crippen molar-refractivity contribution in [2.75, 3.05) is 0 Å². The van der Waals surface area contributed by atoms with Crippen LogP contribution < -0.4 is 5.30 Å². The maximum atomic E-state index is 10.7. The zero-order valence-corrected chi connectivity index (χ0v) is 7.16. The summed E-state index contributed by atoms with van der Waals surface area (Å²) >= 11 is 0. The Labute approximate surface area is 71.5 Å². The smallest absolute Gasteiger partial charge is 0.193 e. The standard InChI is InChI=1S/C9H6NOP/c11-12-9-5-6-10-8-4-2-1-3-7(8)9/h1-6H. The molecule has 0 N–H and O–H groups in total. The van der Waals surface area contributed by atoms with Gasteiger partial charge in [0.2, 0.25) is 0 Å². The first-order chi connectivity index (χ1) is 5.92. The topological polar surface area (TPSA) is 30.0 Å². The molecular weight excluding hydrogens is 169 g/mol. The van der Waals surface area contributed by atoms with Crippen LogP contribution in [0.5, 0.6) is 0 Å². The molecule has 1 heterocycles. The molecule has 0 aliphatic rings. The molecule has 0 saturated carbocycles. The van der Waals surface area contributed by atoms with E-state index in [1.54, 1.807) is 12.3 Å². The Morgan fingerprint density at radius 3 is 2.83 bits per heavy atom. The Hall–Kier alpha value is -1.27. The first-order valence-corrected chi connectivity index (χ1v) is 4.40. The van der Waals surface area contributed by atoms with Gasteiger partial charge in [-0.1, -0.05) is 18.2 Å². The van der Waals surface area contributed by atoms with Crippen LogP contribution >= 0.6 is 8.46 Å². The van der Waals surface area contributed by atoms with E-state index in [9.17, 15) is 4.57 Å². The lowest BCUT2D eigenvalue weighted by atomic mass is 10.2. The number of nitrogens with zero attached hydrogens (tertiary/aromatic N) is 1. The van der Waals surface area contributed by atoms with Gasteiger partial charge in [-0.05, 0) is 12.1 Å². The van der Waals surface area contributed by atoms with Crippen molar-refractivity contribution in [3.05, 3.63) is 36.5 Å². The predicted octanol–water partition coefficient (Wildman–Crippen LogP) is 2.15. The summed E-state index contributed by atoms with van der Waals surface area (Å²) in [6.07, 6.45) is 1.67. The summed E-state index contributed by atoms with van der Waals surface area (Å²) in [5.74, 6) is 0. The van der Waals surface area contributed by atoms with Crippen molar-refractivity contribution in [2.24, 2.45) is 0 Å². The van der Waals surface area contributed by atoms with Gasteiger partial charge in [0.1, 0.15) is 0 Å². The second kappa shape index (κ2) is 3.00. The molecule has 2 rings (SSSR count). The van der Waals surface area contributed by atoms with E-state index in [-0.39, 0.29) is 8.46 Å². The monoisotopic (exact) mass is 175 g/mol. The number of aromatic nitrogens is 1. The molecule has 1 aromatic carbocycles. The third-order valence-corrected chi connectivity index (χ3v) is 2.31. The fourth-order valence-corrected chi connectivity index (χ4v) is 1.58. The Bertz CT molecular complexity index is 422. The summed E-state index contributed by atoms with van der Waals surface area (Å²) in [6, 6.07) is 9.42. The Morgan fingerprint density at radius 2 is 2.00 bits per heavy atom. The molecule has 0 unspecified atom stereocenters. The molecule has 3 heteroatoms. The van der Waals surface area contributed by atoms with Gasteiger partial charge < -0.3 is 0 Å². The zero-order chi connectivity index (χ0) is 8.39. The lowest BCUT2D eigenvalue weighted by molar-refractivity contribution is 0.603. The van der Waals surface area contributed by atoms with Crippen molar-refractivity contribution < 1.29 is 4.57 Å². The molecule has 2 aromatic rings. The third kappa shape index (κ3) is 1.10. The van der Waals surface area contributed by atoms with Gasteiger partial charge in [0, 0.05) is 11.6 Å². The fraction of sp³-hybridized carbons (Fsp3) is 0. The second-order valence-corrected chi connectivity index (χ2v) is 3.10. The Kier molecular flexibility index (Phi) is 1.84. The summed E-state index contributed by atoms with van der Waals surface area (Å²) in [6.45, 7) is 0. The highest BCUT2D eigenvalue weighted by molar-refractivity contribution is 7.34. The van der Waals surface area contributed by atoms with Crippen LogP contribution in [-0.2, 0) is 4.57 Å². The number of rotatable bonds is 1. The van der Waals surface area contributed by atoms with Crippen LogP contribution in [0.3, 0.4) is 0 Å². The van der Waals surface area contributed by atoms with Gasteiger partial charge in [-0.25, -0.2) is 0 Å². The number of pyridine rings is 1. The SMILES string of the molecule is O=Pc1ccnc2ccccc12. The van der Waals surface area contributed by atoms with E-state index < -0.39 is 0 Å². The lowest BCUT2D eigenvalue weighted by Crippen LogP contribution is -1.94. The van der Waals surface area contributed by atoms with E-state index >= 15 is 0 Å². The highest BCUT2D eigenvalue weighted by Crippen LogP contribution is 2.11. The molecule has 12 heavy (non-hydrogen) atoms. The van der Waals surface area contributed by atoms with Gasteiger partial charge in [0.25, 0.3) is 0 Å². The minimum absolute atomic E-state index is 0.0511. The van der Waals surface area contributed by atoms with E-state index in [4.69, 9.17) is 0 Å².